The highest BCUT2D eigenvalue weighted by Gasteiger charge is 2.26. The second-order valence-electron chi connectivity index (χ2n) is 6.59. The topological polar surface area (TPSA) is 58.6 Å². The van der Waals surface area contributed by atoms with Crippen LogP contribution in [-0.2, 0) is 16.1 Å². The van der Waals surface area contributed by atoms with Crippen molar-refractivity contribution in [3.63, 3.8) is 0 Å². The molecule has 2 aromatic carbocycles. The molecule has 0 saturated heterocycles. The Morgan fingerprint density at radius 3 is 2.41 bits per heavy atom. The van der Waals surface area contributed by atoms with E-state index in [0.29, 0.717) is 12.3 Å². The van der Waals surface area contributed by atoms with E-state index in [-0.39, 0.29) is 24.5 Å². The molecule has 0 aliphatic heterocycles. The Morgan fingerprint density at radius 1 is 1.07 bits per heavy atom. The van der Waals surface area contributed by atoms with E-state index in [1.807, 2.05) is 56.3 Å². The van der Waals surface area contributed by atoms with Crippen LogP contribution in [-0.4, -0.2) is 35.4 Å². The smallest absolute Gasteiger partial charge is 0.261 e. The Balaban J connectivity index is 2.14. The average molecular weight is 433 g/mol. The lowest BCUT2D eigenvalue weighted by atomic mass is 10.1. The molecule has 0 saturated carbocycles. The maximum Gasteiger partial charge on any atom is 0.261 e. The highest BCUT2D eigenvalue weighted by atomic mass is 79.9. The Hall–Kier alpha value is -2.34. The molecule has 6 heteroatoms. The first-order valence-electron chi connectivity index (χ1n) is 8.89. The second kappa shape index (κ2) is 10.1. The Morgan fingerprint density at radius 2 is 1.78 bits per heavy atom. The van der Waals surface area contributed by atoms with Crippen molar-refractivity contribution in [3.8, 4) is 5.75 Å². The third kappa shape index (κ3) is 6.71. The van der Waals surface area contributed by atoms with Crippen LogP contribution in [0.25, 0.3) is 0 Å². The minimum atomic E-state index is -0.613. The summed E-state index contributed by atoms with van der Waals surface area (Å²) in [7, 11) is 0. The normalized spacial score (nSPS) is 11.7. The summed E-state index contributed by atoms with van der Waals surface area (Å²) in [6.07, 6.45) is 0. The van der Waals surface area contributed by atoms with E-state index in [4.69, 9.17) is 4.74 Å². The molecular weight excluding hydrogens is 408 g/mol. The van der Waals surface area contributed by atoms with E-state index < -0.39 is 6.04 Å². The van der Waals surface area contributed by atoms with Crippen molar-refractivity contribution in [2.45, 2.75) is 39.4 Å². The van der Waals surface area contributed by atoms with Crippen molar-refractivity contribution in [1.29, 1.82) is 0 Å². The number of ether oxygens (including phenoxy) is 1. The van der Waals surface area contributed by atoms with Gasteiger partial charge in [0.1, 0.15) is 11.8 Å². The molecular formula is C21H25BrN2O3. The molecule has 144 valence electrons. The zero-order chi connectivity index (χ0) is 19.8. The maximum atomic E-state index is 12.8. The molecule has 0 unspecified atom stereocenters. The SMILES string of the molecule is CC(C)NC(=O)[C@@H](C)N(Cc1cccc(Br)c1)C(=O)COc1ccccc1. The maximum absolute atomic E-state index is 12.8. The molecule has 0 radical (unpaired) electrons. The number of benzene rings is 2. The zero-order valence-corrected chi connectivity index (χ0v) is 17.4. The van der Waals surface area contributed by atoms with Crippen LogP contribution in [0.15, 0.2) is 59.1 Å². The molecule has 0 aliphatic carbocycles. The minimum Gasteiger partial charge on any atom is -0.484 e. The zero-order valence-electron chi connectivity index (χ0n) is 15.8. The fourth-order valence-corrected chi connectivity index (χ4v) is 3.01. The van der Waals surface area contributed by atoms with Crippen LogP contribution >= 0.6 is 15.9 Å². The van der Waals surface area contributed by atoms with E-state index >= 15 is 0 Å². The summed E-state index contributed by atoms with van der Waals surface area (Å²) < 4.78 is 6.51. The van der Waals surface area contributed by atoms with E-state index in [1.54, 1.807) is 24.0 Å². The molecule has 0 aromatic heterocycles. The van der Waals surface area contributed by atoms with Crippen LogP contribution in [0, 0.1) is 0 Å². The summed E-state index contributed by atoms with van der Waals surface area (Å²) in [6, 6.07) is 16.2. The van der Waals surface area contributed by atoms with E-state index in [2.05, 4.69) is 21.2 Å². The summed E-state index contributed by atoms with van der Waals surface area (Å²) in [5, 5.41) is 2.87. The lowest BCUT2D eigenvalue weighted by Gasteiger charge is -2.29. The van der Waals surface area contributed by atoms with Crippen LogP contribution in [0.2, 0.25) is 0 Å². The summed E-state index contributed by atoms with van der Waals surface area (Å²) in [5.74, 6) is 0.186. The van der Waals surface area contributed by atoms with Gasteiger partial charge in [0.05, 0.1) is 0 Å². The van der Waals surface area contributed by atoms with Gasteiger partial charge < -0.3 is 15.0 Å². The van der Waals surface area contributed by atoms with Crippen molar-refractivity contribution in [2.24, 2.45) is 0 Å². The van der Waals surface area contributed by atoms with Gasteiger partial charge in [-0.1, -0.05) is 46.3 Å². The number of hydrogen-bond acceptors (Lipinski definition) is 3. The first-order chi connectivity index (χ1) is 12.9. The van der Waals surface area contributed by atoms with E-state index in [1.165, 1.54) is 0 Å². The number of nitrogens with zero attached hydrogens (tertiary/aromatic N) is 1. The minimum absolute atomic E-state index is 0.00309. The molecule has 0 spiro atoms. The number of para-hydroxylation sites is 1. The molecule has 2 aromatic rings. The first kappa shape index (κ1) is 21.0. The number of carbonyl (C=O) groups is 2. The van der Waals surface area contributed by atoms with Gasteiger partial charge in [0.2, 0.25) is 5.91 Å². The van der Waals surface area contributed by atoms with Crippen molar-refractivity contribution in [2.75, 3.05) is 6.61 Å². The second-order valence-corrected chi connectivity index (χ2v) is 7.51. The summed E-state index contributed by atoms with van der Waals surface area (Å²) in [5.41, 5.74) is 0.932. The highest BCUT2D eigenvalue weighted by molar-refractivity contribution is 9.10. The lowest BCUT2D eigenvalue weighted by molar-refractivity contribution is -0.142. The van der Waals surface area contributed by atoms with Gasteiger partial charge in [-0.05, 0) is 50.6 Å². The van der Waals surface area contributed by atoms with Crippen molar-refractivity contribution < 1.29 is 14.3 Å². The fraction of sp³-hybridized carbons (Fsp3) is 0.333. The number of halogens is 1. The Kier molecular flexibility index (Phi) is 7.85. The summed E-state index contributed by atoms with van der Waals surface area (Å²) in [6.45, 7) is 5.71. The van der Waals surface area contributed by atoms with Gasteiger partial charge in [-0.15, -0.1) is 0 Å². The first-order valence-corrected chi connectivity index (χ1v) is 9.68. The Bertz CT molecular complexity index is 765. The highest BCUT2D eigenvalue weighted by Crippen LogP contribution is 2.16. The number of rotatable bonds is 8. The molecule has 0 heterocycles. The molecule has 27 heavy (non-hydrogen) atoms. The fourth-order valence-electron chi connectivity index (χ4n) is 2.56. The number of carbonyl (C=O) groups excluding carboxylic acids is 2. The lowest BCUT2D eigenvalue weighted by Crippen LogP contribution is -2.50. The van der Waals surface area contributed by atoms with Gasteiger partial charge in [0, 0.05) is 17.1 Å². The summed E-state index contributed by atoms with van der Waals surface area (Å²) in [4.78, 5) is 26.9. The van der Waals surface area contributed by atoms with Gasteiger partial charge in [-0.25, -0.2) is 0 Å². The predicted octanol–water partition coefficient (Wildman–Crippen LogP) is 3.77. The molecule has 1 atom stereocenters. The molecule has 2 amide bonds. The molecule has 5 nitrogen and oxygen atoms in total. The quantitative estimate of drug-likeness (QED) is 0.690. The van der Waals surface area contributed by atoms with Crippen LogP contribution in [0.4, 0.5) is 0 Å². The third-order valence-corrected chi connectivity index (χ3v) is 4.44. The van der Waals surface area contributed by atoms with Gasteiger partial charge >= 0.3 is 0 Å². The van der Waals surface area contributed by atoms with Crippen LogP contribution in [0.1, 0.15) is 26.3 Å². The molecule has 1 N–H and O–H groups in total. The molecule has 0 aliphatic rings. The van der Waals surface area contributed by atoms with Gasteiger partial charge in [0.15, 0.2) is 6.61 Å². The van der Waals surface area contributed by atoms with Crippen LogP contribution < -0.4 is 10.1 Å². The number of amides is 2. The van der Waals surface area contributed by atoms with Crippen molar-refractivity contribution in [1.82, 2.24) is 10.2 Å². The predicted molar refractivity (Wildman–Crippen MR) is 109 cm³/mol. The third-order valence-electron chi connectivity index (χ3n) is 3.95. The monoisotopic (exact) mass is 432 g/mol. The van der Waals surface area contributed by atoms with Crippen LogP contribution in [0.3, 0.4) is 0 Å². The average Bonchev–Trinajstić information content (AvgIpc) is 2.64. The van der Waals surface area contributed by atoms with Crippen molar-refractivity contribution >= 4 is 27.7 Å². The van der Waals surface area contributed by atoms with E-state index in [9.17, 15) is 9.59 Å². The van der Waals surface area contributed by atoms with Crippen LogP contribution in [0.5, 0.6) is 5.75 Å². The Labute approximate surface area is 168 Å². The molecule has 0 bridgehead atoms. The van der Waals surface area contributed by atoms with Gasteiger partial charge in [-0.2, -0.15) is 0 Å². The van der Waals surface area contributed by atoms with Gasteiger partial charge in [-0.3, -0.25) is 9.59 Å². The van der Waals surface area contributed by atoms with Gasteiger partial charge in [0.25, 0.3) is 5.91 Å². The number of hydrogen-bond donors (Lipinski definition) is 1. The number of nitrogens with one attached hydrogen (secondary N) is 1. The van der Waals surface area contributed by atoms with E-state index in [0.717, 1.165) is 10.0 Å². The largest absolute Gasteiger partial charge is 0.484 e. The molecule has 2 rings (SSSR count). The van der Waals surface area contributed by atoms with Crippen molar-refractivity contribution in [3.05, 3.63) is 64.6 Å². The standard InChI is InChI=1S/C21H25BrN2O3/c1-15(2)23-21(26)16(3)24(13-17-8-7-9-18(22)12-17)20(25)14-27-19-10-5-4-6-11-19/h4-12,15-16H,13-14H2,1-3H3,(H,23,26)/t16-/m1/s1. The molecule has 0 fully saturated rings. The summed E-state index contributed by atoms with van der Waals surface area (Å²) >= 11 is 3.44.